The first-order valence-electron chi connectivity index (χ1n) is 7.34. The van der Waals surface area contributed by atoms with Crippen molar-refractivity contribution in [2.24, 2.45) is 0 Å². The molecule has 0 bridgehead atoms. The zero-order valence-electron chi connectivity index (χ0n) is 13.0. The van der Waals surface area contributed by atoms with Gasteiger partial charge >= 0.3 is 5.69 Å². The van der Waals surface area contributed by atoms with Gasteiger partial charge in [-0.1, -0.05) is 48.5 Å². The molecule has 2 N–H and O–H groups in total. The highest BCUT2D eigenvalue weighted by Gasteiger charge is 2.14. The van der Waals surface area contributed by atoms with Gasteiger partial charge in [0.15, 0.2) is 5.16 Å². The lowest BCUT2D eigenvalue weighted by molar-refractivity contribution is -0.119. The van der Waals surface area contributed by atoms with E-state index in [1.807, 2.05) is 32.0 Å². The second-order valence-corrected chi connectivity index (χ2v) is 6.41. The molecule has 2 rings (SSSR count). The Morgan fingerprint density at radius 3 is 2.91 bits per heavy atom. The highest BCUT2D eigenvalue weighted by atomic mass is 35.5. The third-order valence-electron chi connectivity index (χ3n) is 3.25. The van der Waals surface area contributed by atoms with Crippen LogP contribution in [0.5, 0.6) is 0 Å². The van der Waals surface area contributed by atoms with Crippen LogP contribution in [0.25, 0.3) is 0 Å². The number of hydrogen-bond acceptors (Lipinski definition) is 4. The number of halogens is 1. The molecule has 1 atom stereocenters. The van der Waals surface area contributed by atoms with E-state index in [9.17, 15) is 9.59 Å². The molecule has 0 aliphatic rings. The summed E-state index contributed by atoms with van der Waals surface area (Å²) < 4.78 is 1.54. The summed E-state index contributed by atoms with van der Waals surface area (Å²) in [5.41, 5.74) is 0.620. The quantitative estimate of drug-likeness (QED) is 0.749. The number of nitrogens with zero attached hydrogens (tertiary/aromatic N) is 2. The van der Waals surface area contributed by atoms with Gasteiger partial charge in [-0.25, -0.2) is 9.89 Å². The SMILES string of the molecule is CCCn1c(SCC(=O)N[C@H](C)c2ccccc2Cl)n[nH]c1=O. The Hall–Kier alpha value is -1.73. The maximum atomic E-state index is 12.1. The van der Waals surface area contributed by atoms with Gasteiger partial charge in [-0.05, 0) is 25.0 Å². The molecule has 0 fully saturated rings. The van der Waals surface area contributed by atoms with Crippen molar-refractivity contribution in [2.75, 3.05) is 5.75 Å². The molecule has 0 unspecified atom stereocenters. The molecule has 8 heteroatoms. The second kappa shape index (κ2) is 8.21. The van der Waals surface area contributed by atoms with Crippen LogP contribution < -0.4 is 11.0 Å². The molecule has 1 amide bonds. The number of aromatic nitrogens is 3. The molecule has 1 aromatic heterocycles. The maximum Gasteiger partial charge on any atom is 0.343 e. The third-order valence-corrected chi connectivity index (χ3v) is 4.57. The number of benzene rings is 1. The minimum Gasteiger partial charge on any atom is -0.349 e. The molecule has 2 aromatic rings. The Kier molecular flexibility index (Phi) is 6.29. The zero-order chi connectivity index (χ0) is 16.8. The van der Waals surface area contributed by atoms with Crippen LogP contribution in [-0.2, 0) is 11.3 Å². The maximum absolute atomic E-state index is 12.1. The van der Waals surface area contributed by atoms with E-state index in [1.54, 1.807) is 6.07 Å². The van der Waals surface area contributed by atoms with Gasteiger partial charge in [-0.15, -0.1) is 5.10 Å². The molecule has 0 saturated carbocycles. The highest BCUT2D eigenvalue weighted by Crippen LogP contribution is 2.22. The highest BCUT2D eigenvalue weighted by molar-refractivity contribution is 7.99. The summed E-state index contributed by atoms with van der Waals surface area (Å²) in [4.78, 5) is 23.7. The number of H-pyrrole nitrogens is 1. The van der Waals surface area contributed by atoms with Crippen molar-refractivity contribution in [1.29, 1.82) is 0 Å². The molecule has 1 aromatic carbocycles. The third kappa shape index (κ3) is 4.62. The first-order valence-corrected chi connectivity index (χ1v) is 8.71. The largest absolute Gasteiger partial charge is 0.349 e. The van der Waals surface area contributed by atoms with Crippen molar-refractivity contribution in [3.8, 4) is 0 Å². The van der Waals surface area contributed by atoms with Crippen molar-refractivity contribution in [3.05, 3.63) is 45.3 Å². The molecule has 23 heavy (non-hydrogen) atoms. The number of thioether (sulfide) groups is 1. The van der Waals surface area contributed by atoms with Crippen LogP contribution in [0.1, 0.15) is 31.9 Å². The fraction of sp³-hybridized carbons (Fsp3) is 0.400. The Balaban J connectivity index is 1.93. The van der Waals surface area contributed by atoms with Gasteiger partial charge in [-0.3, -0.25) is 9.36 Å². The first kappa shape index (κ1) is 17.6. The van der Waals surface area contributed by atoms with E-state index in [0.29, 0.717) is 16.7 Å². The fourth-order valence-corrected chi connectivity index (χ4v) is 3.23. The Bertz CT molecular complexity index is 728. The van der Waals surface area contributed by atoms with E-state index in [-0.39, 0.29) is 23.4 Å². The van der Waals surface area contributed by atoms with Gasteiger partial charge in [0, 0.05) is 11.6 Å². The summed E-state index contributed by atoms with van der Waals surface area (Å²) in [7, 11) is 0. The number of hydrogen-bond donors (Lipinski definition) is 2. The van der Waals surface area contributed by atoms with E-state index in [2.05, 4.69) is 15.5 Å². The summed E-state index contributed by atoms with van der Waals surface area (Å²) in [5, 5.41) is 10.4. The summed E-state index contributed by atoms with van der Waals surface area (Å²) >= 11 is 7.36. The average Bonchev–Trinajstić information content (AvgIpc) is 2.87. The standard InChI is InChI=1S/C15H19ClN4O2S/c1-3-8-20-14(22)18-19-15(20)23-9-13(21)17-10(2)11-6-4-5-7-12(11)16/h4-7,10H,3,8-9H2,1-2H3,(H,17,21)(H,18,22)/t10-/m1/s1. The van der Waals surface area contributed by atoms with Crippen molar-refractivity contribution in [2.45, 2.75) is 38.0 Å². The van der Waals surface area contributed by atoms with E-state index in [0.717, 1.165) is 12.0 Å². The number of rotatable bonds is 7. The topological polar surface area (TPSA) is 79.8 Å². The molecule has 124 valence electrons. The van der Waals surface area contributed by atoms with E-state index >= 15 is 0 Å². The van der Waals surface area contributed by atoms with Gasteiger partial charge in [-0.2, -0.15) is 0 Å². The molecular weight excluding hydrogens is 336 g/mol. The average molecular weight is 355 g/mol. The zero-order valence-corrected chi connectivity index (χ0v) is 14.6. The van der Waals surface area contributed by atoms with Crippen molar-refractivity contribution < 1.29 is 4.79 Å². The summed E-state index contributed by atoms with van der Waals surface area (Å²) in [6.45, 7) is 4.44. The van der Waals surface area contributed by atoms with E-state index in [4.69, 9.17) is 11.6 Å². The van der Waals surface area contributed by atoms with Gasteiger partial charge < -0.3 is 5.32 Å². The molecule has 0 radical (unpaired) electrons. The number of nitrogens with one attached hydrogen (secondary N) is 2. The van der Waals surface area contributed by atoms with Crippen LogP contribution >= 0.6 is 23.4 Å². The molecule has 1 heterocycles. The Labute approximate surface area is 143 Å². The minimum absolute atomic E-state index is 0.138. The van der Waals surface area contributed by atoms with E-state index in [1.165, 1.54) is 16.3 Å². The van der Waals surface area contributed by atoms with Crippen molar-refractivity contribution in [1.82, 2.24) is 20.1 Å². The van der Waals surface area contributed by atoms with Gasteiger partial charge in [0.1, 0.15) is 0 Å². The van der Waals surface area contributed by atoms with Crippen LogP contribution in [0.4, 0.5) is 0 Å². The molecule has 0 saturated heterocycles. The van der Waals surface area contributed by atoms with Crippen molar-refractivity contribution >= 4 is 29.3 Å². The lowest BCUT2D eigenvalue weighted by Crippen LogP contribution is -2.28. The first-order chi connectivity index (χ1) is 11.0. The predicted molar refractivity (Wildman–Crippen MR) is 91.9 cm³/mol. The Morgan fingerprint density at radius 2 is 2.22 bits per heavy atom. The molecule has 0 spiro atoms. The van der Waals surface area contributed by atoms with Crippen LogP contribution in [0, 0.1) is 0 Å². The normalized spacial score (nSPS) is 12.1. The number of aromatic amines is 1. The minimum atomic E-state index is -0.251. The monoisotopic (exact) mass is 354 g/mol. The van der Waals surface area contributed by atoms with Gasteiger partial charge in [0.25, 0.3) is 0 Å². The van der Waals surface area contributed by atoms with Crippen LogP contribution in [0.3, 0.4) is 0 Å². The second-order valence-electron chi connectivity index (χ2n) is 5.06. The smallest absolute Gasteiger partial charge is 0.343 e. The predicted octanol–water partition coefficient (Wildman–Crippen LogP) is 2.60. The lowest BCUT2D eigenvalue weighted by Gasteiger charge is -2.15. The summed E-state index contributed by atoms with van der Waals surface area (Å²) in [6.07, 6.45) is 0.822. The molecule has 0 aliphatic heterocycles. The summed E-state index contributed by atoms with van der Waals surface area (Å²) in [6, 6.07) is 7.22. The fourth-order valence-electron chi connectivity index (χ4n) is 2.15. The van der Waals surface area contributed by atoms with Crippen LogP contribution in [0.2, 0.25) is 5.02 Å². The number of carbonyl (C=O) groups excluding carboxylic acids is 1. The number of amides is 1. The van der Waals surface area contributed by atoms with Crippen molar-refractivity contribution in [3.63, 3.8) is 0 Å². The molecule has 0 aliphatic carbocycles. The lowest BCUT2D eigenvalue weighted by atomic mass is 10.1. The van der Waals surface area contributed by atoms with E-state index < -0.39 is 0 Å². The number of carbonyl (C=O) groups is 1. The van der Waals surface area contributed by atoms with Gasteiger partial charge in [0.05, 0.1) is 11.8 Å². The van der Waals surface area contributed by atoms with Gasteiger partial charge in [0.2, 0.25) is 5.91 Å². The molecular formula is C15H19ClN4O2S. The summed E-state index contributed by atoms with van der Waals surface area (Å²) in [5.74, 6) is 0.0453. The Morgan fingerprint density at radius 1 is 1.48 bits per heavy atom. The van der Waals surface area contributed by atoms with Crippen LogP contribution in [-0.4, -0.2) is 26.4 Å². The molecule has 6 nitrogen and oxygen atoms in total. The van der Waals surface area contributed by atoms with Crippen LogP contribution in [0.15, 0.2) is 34.2 Å².